The van der Waals surface area contributed by atoms with E-state index in [0.717, 1.165) is 17.3 Å². The molecule has 13 heavy (non-hydrogen) atoms. The smallest absolute Gasteiger partial charge is 0.0292 e. The van der Waals surface area contributed by atoms with Gasteiger partial charge >= 0.3 is 0 Å². The van der Waals surface area contributed by atoms with Gasteiger partial charge in [-0.15, -0.1) is 0 Å². The van der Waals surface area contributed by atoms with Crippen LogP contribution in [0.15, 0.2) is 0 Å². The van der Waals surface area contributed by atoms with Gasteiger partial charge < -0.3 is 0 Å². The lowest BCUT2D eigenvalue weighted by molar-refractivity contribution is 0.00516. The average Bonchev–Trinajstić information content (AvgIpc) is 2.02. The molecule has 2 aliphatic rings. The van der Waals surface area contributed by atoms with Crippen molar-refractivity contribution in [3.63, 3.8) is 0 Å². The van der Waals surface area contributed by atoms with E-state index >= 15 is 0 Å². The lowest BCUT2D eigenvalue weighted by atomic mass is 9.54. The molecule has 0 saturated heterocycles. The second kappa shape index (κ2) is 3.63. The Kier molecular flexibility index (Phi) is 2.67. The van der Waals surface area contributed by atoms with Crippen molar-refractivity contribution in [1.82, 2.24) is 0 Å². The van der Waals surface area contributed by atoms with Crippen molar-refractivity contribution in [3.8, 4) is 0 Å². The molecule has 0 amide bonds. The van der Waals surface area contributed by atoms with Gasteiger partial charge in [-0.3, -0.25) is 0 Å². The number of hydrogen-bond acceptors (Lipinski definition) is 0. The van der Waals surface area contributed by atoms with Crippen molar-refractivity contribution in [3.05, 3.63) is 0 Å². The molecule has 0 atom stereocenters. The van der Waals surface area contributed by atoms with Gasteiger partial charge in [0.2, 0.25) is 0 Å². The van der Waals surface area contributed by atoms with Crippen molar-refractivity contribution in [2.24, 2.45) is 17.3 Å². The van der Waals surface area contributed by atoms with Crippen LogP contribution in [-0.2, 0) is 0 Å². The summed E-state index contributed by atoms with van der Waals surface area (Å²) in [6.07, 6.45) is 12.3. The molecule has 0 heteroatoms. The SMILES string of the molecule is CC(C)CC1CC2(CCCCC2)C1. The minimum atomic E-state index is 0.859. The maximum atomic E-state index is 2.37. The summed E-state index contributed by atoms with van der Waals surface area (Å²) in [5.41, 5.74) is 0.859. The molecule has 0 aromatic carbocycles. The Morgan fingerprint density at radius 2 is 1.69 bits per heavy atom. The summed E-state index contributed by atoms with van der Waals surface area (Å²) in [6, 6.07) is 0. The molecule has 0 radical (unpaired) electrons. The first-order valence-corrected chi connectivity index (χ1v) is 6.20. The Morgan fingerprint density at radius 3 is 2.23 bits per heavy atom. The van der Waals surface area contributed by atoms with E-state index in [2.05, 4.69) is 13.8 Å². The topological polar surface area (TPSA) is 0 Å². The second-order valence-electron chi connectivity index (χ2n) is 5.96. The fraction of sp³-hybridized carbons (Fsp3) is 1.00. The number of hydrogen-bond donors (Lipinski definition) is 0. The quantitative estimate of drug-likeness (QED) is 0.591. The average molecular weight is 180 g/mol. The first kappa shape index (κ1) is 9.55. The molecule has 2 fully saturated rings. The highest BCUT2D eigenvalue weighted by Gasteiger charge is 2.43. The Morgan fingerprint density at radius 1 is 1.08 bits per heavy atom. The van der Waals surface area contributed by atoms with Crippen LogP contribution < -0.4 is 0 Å². The van der Waals surface area contributed by atoms with Crippen molar-refractivity contribution in [2.75, 3.05) is 0 Å². The zero-order valence-electron chi connectivity index (χ0n) is 9.31. The zero-order chi connectivity index (χ0) is 9.31. The van der Waals surface area contributed by atoms with Gasteiger partial charge in [0.15, 0.2) is 0 Å². The third kappa shape index (κ3) is 2.08. The van der Waals surface area contributed by atoms with E-state index in [9.17, 15) is 0 Å². The highest BCUT2D eigenvalue weighted by Crippen LogP contribution is 2.56. The molecule has 0 aromatic heterocycles. The van der Waals surface area contributed by atoms with Crippen LogP contribution >= 0.6 is 0 Å². The van der Waals surface area contributed by atoms with E-state index in [4.69, 9.17) is 0 Å². The van der Waals surface area contributed by atoms with Gasteiger partial charge in [-0.05, 0) is 49.4 Å². The first-order valence-electron chi connectivity index (χ1n) is 6.20. The molecule has 0 aromatic rings. The molecule has 0 nitrogen and oxygen atoms in total. The fourth-order valence-electron chi connectivity index (χ4n) is 3.71. The van der Waals surface area contributed by atoms with E-state index in [-0.39, 0.29) is 0 Å². The highest BCUT2D eigenvalue weighted by molar-refractivity contribution is 4.95. The summed E-state index contributed by atoms with van der Waals surface area (Å²) < 4.78 is 0. The van der Waals surface area contributed by atoms with Crippen LogP contribution in [0.1, 0.15) is 65.2 Å². The Balaban J connectivity index is 1.75. The van der Waals surface area contributed by atoms with Gasteiger partial charge in [0.05, 0.1) is 0 Å². The minimum Gasteiger partial charge on any atom is -0.0628 e. The van der Waals surface area contributed by atoms with Crippen molar-refractivity contribution < 1.29 is 0 Å². The number of rotatable bonds is 2. The Hall–Kier alpha value is 0. The van der Waals surface area contributed by atoms with Crippen molar-refractivity contribution >= 4 is 0 Å². The maximum absolute atomic E-state index is 2.37. The lowest BCUT2D eigenvalue weighted by Gasteiger charge is -2.51. The monoisotopic (exact) mass is 180 g/mol. The summed E-state index contributed by atoms with van der Waals surface area (Å²) in [4.78, 5) is 0. The van der Waals surface area contributed by atoms with Crippen LogP contribution in [0, 0.1) is 17.3 Å². The summed E-state index contributed by atoms with van der Waals surface area (Å²) >= 11 is 0. The zero-order valence-corrected chi connectivity index (χ0v) is 9.31. The van der Waals surface area contributed by atoms with Gasteiger partial charge in [-0.2, -0.15) is 0 Å². The maximum Gasteiger partial charge on any atom is -0.0292 e. The predicted molar refractivity (Wildman–Crippen MR) is 57.7 cm³/mol. The van der Waals surface area contributed by atoms with Crippen LogP contribution in [0.25, 0.3) is 0 Å². The summed E-state index contributed by atoms with van der Waals surface area (Å²) in [5, 5.41) is 0. The summed E-state index contributed by atoms with van der Waals surface area (Å²) in [7, 11) is 0. The molecule has 0 bridgehead atoms. The van der Waals surface area contributed by atoms with E-state index in [1.807, 2.05) is 0 Å². The molecule has 0 heterocycles. The van der Waals surface area contributed by atoms with Crippen LogP contribution in [0.3, 0.4) is 0 Å². The third-order valence-electron chi connectivity index (χ3n) is 4.16. The molecular formula is C13H24. The van der Waals surface area contributed by atoms with Gasteiger partial charge in [0, 0.05) is 0 Å². The van der Waals surface area contributed by atoms with Crippen molar-refractivity contribution in [2.45, 2.75) is 65.2 Å². The normalized spacial score (nSPS) is 27.9. The fourth-order valence-corrected chi connectivity index (χ4v) is 3.71. The summed E-state index contributed by atoms with van der Waals surface area (Å²) in [6.45, 7) is 4.73. The third-order valence-corrected chi connectivity index (χ3v) is 4.16. The van der Waals surface area contributed by atoms with E-state index in [1.165, 1.54) is 25.7 Å². The van der Waals surface area contributed by atoms with Crippen LogP contribution in [0.2, 0.25) is 0 Å². The largest absolute Gasteiger partial charge is 0.0628 e. The van der Waals surface area contributed by atoms with Gasteiger partial charge in [-0.25, -0.2) is 0 Å². The highest BCUT2D eigenvalue weighted by atomic mass is 14.5. The molecular weight excluding hydrogens is 156 g/mol. The second-order valence-corrected chi connectivity index (χ2v) is 5.96. The van der Waals surface area contributed by atoms with Crippen LogP contribution in [0.5, 0.6) is 0 Å². The van der Waals surface area contributed by atoms with Gasteiger partial charge in [0.25, 0.3) is 0 Å². The van der Waals surface area contributed by atoms with E-state index < -0.39 is 0 Å². The molecule has 0 aliphatic heterocycles. The molecule has 0 N–H and O–H groups in total. The molecule has 2 saturated carbocycles. The lowest BCUT2D eigenvalue weighted by Crippen LogP contribution is -2.39. The predicted octanol–water partition coefficient (Wildman–Crippen LogP) is 4.39. The first-order chi connectivity index (χ1) is 6.20. The van der Waals surface area contributed by atoms with Gasteiger partial charge in [-0.1, -0.05) is 33.1 Å². The van der Waals surface area contributed by atoms with E-state index in [0.29, 0.717) is 0 Å². The summed E-state index contributed by atoms with van der Waals surface area (Å²) in [5.74, 6) is 2.02. The van der Waals surface area contributed by atoms with Crippen LogP contribution in [-0.4, -0.2) is 0 Å². The molecule has 1 spiro atoms. The molecule has 2 aliphatic carbocycles. The Labute approximate surface area is 83.1 Å². The minimum absolute atomic E-state index is 0.859. The van der Waals surface area contributed by atoms with Crippen LogP contribution in [0.4, 0.5) is 0 Å². The Bertz CT molecular complexity index is 155. The molecule has 76 valence electrons. The standard InChI is InChI=1S/C13H24/c1-11(2)8-12-9-13(10-12)6-4-3-5-7-13/h11-12H,3-10H2,1-2H3. The van der Waals surface area contributed by atoms with Crippen molar-refractivity contribution in [1.29, 1.82) is 0 Å². The molecule has 2 rings (SSSR count). The van der Waals surface area contributed by atoms with E-state index in [1.54, 1.807) is 25.7 Å². The molecule has 0 unspecified atom stereocenters. The van der Waals surface area contributed by atoms with Gasteiger partial charge in [0.1, 0.15) is 0 Å².